The summed E-state index contributed by atoms with van der Waals surface area (Å²) in [5.41, 5.74) is 5.07. The lowest BCUT2D eigenvalue weighted by Crippen LogP contribution is -2.58. The van der Waals surface area contributed by atoms with Crippen molar-refractivity contribution in [2.45, 2.75) is 87.8 Å². The first-order valence-corrected chi connectivity index (χ1v) is 18.2. The van der Waals surface area contributed by atoms with Crippen molar-refractivity contribution in [2.24, 2.45) is 23.5 Å². The molecule has 4 aliphatic rings. The molecule has 4 N–H and O–H groups in total. The molecule has 3 fully saturated rings. The van der Waals surface area contributed by atoms with Crippen LogP contribution in [0, 0.1) is 17.8 Å². The molecule has 2 aliphatic heterocycles. The van der Waals surface area contributed by atoms with Gasteiger partial charge in [-0.25, -0.2) is 13.4 Å². The number of allylic oxidation sites excluding steroid dienone is 1. The Balaban J connectivity index is 0.00000451. The molecule has 48 heavy (non-hydrogen) atoms. The third-order valence-corrected chi connectivity index (χ3v) is 12.1. The van der Waals surface area contributed by atoms with Crippen LogP contribution in [-0.2, 0) is 24.4 Å². The molecule has 12 nitrogen and oxygen atoms in total. The van der Waals surface area contributed by atoms with Gasteiger partial charge in [0.25, 0.3) is 5.91 Å². The van der Waals surface area contributed by atoms with Gasteiger partial charge in [-0.1, -0.05) is 50.1 Å². The third kappa shape index (κ3) is 7.10. The normalized spacial score (nSPS) is 31.6. The van der Waals surface area contributed by atoms with Crippen LogP contribution in [0.4, 0.5) is 0 Å². The monoisotopic (exact) mass is 723 g/mol. The van der Waals surface area contributed by atoms with E-state index in [1.807, 2.05) is 19.1 Å². The Kier molecular flexibility index (Phi) is 10.6. The first-order valence-electron chi connectivity index (χ1n) is 16.2. The number of sulfonamides is 1. The van der Waals surface area contributed by atoms with Gasteiger partial charge >= 0.3 is 0 Å². The summed E-state index contributed by atoms with van der Waals surface area (Å²) >= 11 is 6.49. The number of pyridine rings is 1. The van der Waals surface area contributed by atoms with Gasteiger partial charge in [-0.2, -0.15) is 0 Å². The average Bonchev–Trinajstić information content (AvgIpc) is 3.96. The summed E-state index contributed by atoms with van der Waals surface area (Å²) in [7, 11) is -2.33. The fourth-order valence-corrected chi connectivity index (χ4v) is 8.38. The largest absolute Gasteiger partial charge is 0.494 e. The minimum atomic E-state index is -3.85. The Morgan fingerprint density at radius 2 is 1.92 bits per heavy atom. The van der Waals surface area contributed by atoms with Gasteiger partial charge < -0.3 is 25.4 Å². The number of hydrogen-bond donors (Lipinski definition) is 3. The van der Waals surface area contributed by atoms with Crippen molar-refractivity contribution in [3.8, 4) is 11.6 Å². The molecule has 2 saturated carbocycles. The molecule has 0 bridgehead atoms. The summed E-state index contributed by atoms with van der Waals surface area (Å²) in [6.07, 6.45) is 8.53. The second-order valence-electron chi connectivity index (χ2n) is 13.5. The lowest BCUT2D eigenvalue weighted by atomic mass is 9.92. The zero-order chi connectivity index (χ0) is 33.7. The fourth-order valence-electron chi connectivity index (χ4n) is 6.75. The summed E-state index contributed by atoms with van der Waals surface area (Å²) < 4.78 is 39.5. The van der Waals surface area contributed by atoms with Crippen LogP contribution in [0.25, 0.3) is 10.8 Å². The van der Waals surface area contributed by atoms with E-state index in [4.69, 9.17) is 26.8 Å². The highest BCUT2D eigenvalue weighted by Gasteiger charge is 2.62. The van der Waals surface area contributed by atoms with Crippen molar-refractivity contribution in [3.05, 3.63) is 41.6 Å². The highest BCUT2D eigenvalue weighted by molar-refractivity contribution is 7.91. The van der Waals surface area contributed by atoms with Gasteiger partial charge in [-0.15, -0.1) is 12.4 Å². The van der Waals surface area contributed by atoms with Crippen LogP contribution in [0.3, 0.4) is 0 Å². The molecule has 3 amide bonds. The predicted octanol–water partition coefficient (Wildman–Crippen LogP) is 3.49. The number of carbonyl (C=O) groups is 3. The molecule has 1 aromatic carbocycles. The van der Waals surface area contributed by atoms with Crippen molar-refractivity contribution < 1.29 is 32.3 Å². The van der Waals surface area contributed by atoms with E-state index in [1.54, 1.807) is 18.2 Å². The smallest absolute Gasteiger partial charge is 0.259 e. The molecule has 6 rings (SSSR count). The van der Waals surface area contributed by atoms with Gasteiger partial charge in [-0.3, -0.25) is 19.1 Å². The zero-order valence-corrected chi connectivity index (χ0v) is 29.6. The first-order chi connectivity index (χ1) is 22.3. The molecule has 15 heteroatoms. The maximum absolute atomic E-state index is 14.1. The van der Waals surface area contributed by atoms with Crippen molar-refractivity contribution in [1.29, 1.82) is 0 Å². The quantitative estimate of drug-likeness (QED) is 0.378. The van der Waals surface area contributed by atoms with Crippen LogP contribution in [0.5, 0.6) is 11.6 Å². The van der Waals surface area contributed by atoms with E-state index < -0.39 is 56.7 Å². The lowest BCUT2D eigenvalue weighted by Gasteiger charge is -2.30. The number of hydrogen-bond acceptors (Lipinski definition) is 9. The Morgan fingerprint density at radius 3 is 2.62 bits per heavy atom. The fraction of sp³-hybridized carbons (Fsp3) is 0.576. The Labute approximate surface area is 292 Å². The highest BCUT2D eigenvalue weighted by atomic mass is 35.5. The highest BCUT2D eigenvalue weighted by Crippen LogP contribution is 2.46. The van der Waals surface area contributed by atoms with Gasteiger partial charge in [0.15, 0.2) is 0 Å². The van der Waals surface area contributed by atoms with Gasteiger partial charge in [0.2, 0.25) is 27.7 Å². The predicted molar refractivity (Wildman–Crippen MR) is 183 cm³/mol. The maximum atomic E-state index is 14.1. The van der Waals surface area contributed by atoms with Crippen LogP contribution in [0.2, 0.25) is 5.02 Å². The average molecular weight is 725 g/mol. The molecule has 1 aromatic heterocycles. The van der Waals surface area contributed by atoms with E-state index in [-0.39, 0.29) is 55.4 Å². The molecule has 0 spiro atoms. The zero-order valence-electron chi connectivity index (χ0n) is 27.2. The summed E-state index contributed by atoms with van der Waals surface area (Å²) in [5, 5.41) is 3.96. The molecule has 2 aliphatic carbocycles. The van der Waals surface area contributed by atoms with Gasteiger partial charge in [0.1, 0.15) is 23.4 Å². The number of halogens is 2. The topological polar surface area (TPSA) is 170 Å². The number of nitrogens with one attached hydrogen (secondary N) is 2. The summed E-state index contributed by atoms with van der Waals surface area (Å²) in [5.74, 6) is -1.33. The van der Waals surface area contributed by atoms with Crippen molar-refractivity contribution in [2.75, 3.05) is 13.7 Å². The van der Waals surface area contributed by atoms with Gasteiger partial charge in [0, 0.05) is 23.1 Å². The number of amides is 3. The molecule has 2 aromatic rings. The first kappa shape index (κ1) is 36.2. The molecular formula is C33H43Cl2N5O7S. The second kappa shape index (κ2) is 14.0. The Bertz CT molecular complexity index is 1720. The molecule has 7 atom stereocenters. The van der Waals surface area contributed by atoms with Crippen LogP contribution < -0.4 is 25.2 Å². The molecule has 0 radical (unpaired) electrons. The Morgan fingerprint density at radius 1 is 1.17 bits per heavy atom. The maximum Gasteiger partial charge on any atom is 0.259 e. The molecule has 1 saturated heterocycles. The van der Waals surface area contributed by atoms with Crippen molar-refractivity contribution in [1.82, 2.24) is 19.9 Å². The van der Waals surface area contributed by atoms with Crippen LogP contribution in [-0.4, -0.2) is 78.7 Å². The van der Waals surface area contributed by atoms with Crippen molar-refractivity contribution in [3.63, 3.8) is 0 Å². The van der Waals surface area contributed by atoms with E-state index in [2.05, 4.69) is 21.9 Å². The third-order valence-electron chi connectivity index (χ3n) is 9.99. The molecule has 262 valence electrons. The number of carbonyl (C=O) groups excluding carboxylic acids is 3. The standard InChI is InChI=1S/C33H42ClN5O7S.ClH/c1-18-6-4-7-19(2)28(35)31(41)39-17-21(46-30-23-8-5-9-24(34)27(23)26(45-3)16-36-30)14-25(39)29(40)37-33(15-20(33)11-10-18)32(42)38-47(43,44)22-12-13-22;/h5,8-11,16,18-22,25,28H,4,6-7,12-15,17,35H2,1-3H3,(H,37,40)(H,38,42);1H/b11-10-;/t18?,19-,20-,21-,25+,28+,33-;/m1./s1. The number of methoxy groups -OCH3 is 1. The van der Waals surface area contributed by atoms with E-state index >= 15 is 0 Å². The number of nitrogens with zero attached hydrogens (tertiary/aromatic N) is 2. The van der Waals surface area contributed by atoms with Crippen LogP contribution in [0.15, 0.2) is 36.5 Å². The van der Waals surface area contributed by atoms with E-state index in [0.717, 1.165) is 19.3 Å². The van der Waals surface area contributed by atoms with Gasteiger partial charge in [0.05, 0.1) is 36.2 Å². The number of rotatable bonds is 6. The molecule has 3 heterocycles. The number of aromatic nitrogens is 1. The SMILES string of the molecule is COc1cnc(O[C@@H]2C[C@H]3C(=O)N[C@]4(C(=O)NS(=O)(=O)C5CC5)C[C@H]4/C=C\C(C)CCC[C@@H](C)[C@H](N)C(=O)N3C2)c2cccc(Cl)c12.Cl. The number of ether oxygens (including phenoxy) is 2. The number of fused-ring (bicyclic) bond motifs is 3. The summed E-state index contributed by atoms with van der Waals surface area (Å²) in [6.45, 7) is 4.06. The van der Waals surface area contributed by atoms with Crippen LogP contribution in [0.1, 0.15) is 58.8 Å². The Hall–Kier alpha value is -3.13. The van der Waals surface area contributed by atoms with Crippen molar-refractivity contribution >= 4 is 62.5 Å². The minimum Gasteiger partial charge on any atom is -0.494 e. The summed E-state index contributed by atoms with van der Waals surface area (Å²) in [4.78, 5) is 47.5. The second-order valence-corrected chi connectivity index (χ2v) is 15.9. The minimum absolute atomic E-state index is 0. The molecule has 1 unspecified atom stereocenters. The van der Waals surface area contributed by atoms with Crippen LogP contribution >= 0.6 is 24.0 Å². The number of benzene rings is 1. The summed E-state index contributed by atoms with van der Waals surface area (Å²) in [6, 6.07) is 3.43. The molecular weight excluding hydrogens is 681 g/mol. The van der Waals surface area contributed by atoms with E-state index in [1.165, 1.54) is 18.2 Å². The van der Waals surface area contributed by atoms with E-state index in [9.17, 15) is 22.8 Å². The lowest BCUT2D eigenvalue weighted by molar-refractivity contribution is -0.141. The van der Waals surface area contributed by atoms with E-state index in [0.29, 0.717) is 34.4 Å². The van der Waals surface area contributed by atoms with Gasteiger partial charge in [-0.05, 0) is 56.1 Å². The number of nitrogens with two attached hydrogens (primary N) is 1.